The third kappa shape index (κ3) is 3.68. The first-order valence-corrected chi connectivity index (χ1v) is 9.87. The molecule has 4 aromatic rings. The lowest BCUT2D eigenvalue weighted by Gasteiger charge is -2.19. The number of H-pyrrole nitrogens is 1. The van der Waals surface area contributed by atoms with Crippen molar-refractivity contribution in [3.8, 4) is 22.6 Å². The van der Waals surface area contributed by atoms with Gasteiger partial charge >= 0.3 is 0 Å². The van der Waals surface area contributed by atoms with Crippen LogP contribution in [0.2, 0.25) is 0 Å². The number of benzene rings is 2. The van der Waals surface area contributed by atoms with Gasteiger partial charge in [0.15, 0.2) is 23.2 Å². The Kier molecular flexibility index (Phi) is 4.85. The van der Waals surface area contributed by atoms with Gasteiger partial charge in [-0.1, -0.05) is 35.5 Å². The summed E-state index contributed by atoms with van der Waals surface area (Å²) in [4.78, 5) is 18.8. The number of carbonyl (C=O) groups is 1. The van der Waals surface area contributed by atoms with Crippen LogP contribution in [0.5, 0.6) is 0 Å². The van der Waals surface area contributed by atoms with E-state index in [1.165, 1.54) is 19.1 Å². The predicted octanol–water partition coefficient (Wildman–Crippen LogP) is 4.56. The molecule has 1 aliphatic rings. The van der Waals surface area contributed by atoms with E-state index in [1.54, 1.807) is 23.4 Å². The van der Waals surface area contributed by atoms with Gasteiger partial charge in [0.2, 0.25) is 0 Å². The van der Waals surface area contributed by atoms with Crippen molar-refractivity contribution >= 4 is 12.0 Å². The van der Waals surface area contributed by atoms with E-state index in [9.17, 15) is 13.6 Å². The van der Waals surface area contributed by atoms with Gasteiger partial charge in [0.05, 0.1) is 36.3 Å². The van der Waals surface area contributed by atoms with Gasteiger partial charge in [-0.05, 0) is 19.1 Å². The Morgan fingerprint density at radius 2 is 2.00 bits per heavy atom. The molecular formula is C23H17F2N5O2. The summed E-state index contributed by atoms with van der Waals surface area (Å²) in [6.07, 6.45) is 1.59. The van der Waals surface area contributed by atoms with E-state index >= 15 is 0 Å². The lowest BCUT2D eigenvalue weighted by molar-refractivity contribution is 0.101. The first-order chi connectivity index (χ1) is 15.5. The van der Waals surface area contributed by atoms with Crippen LogP contribution in [0.15, 0.2) is 58.2 Å². The molecule has 0 bridgehead atoms. The Morgan fingerprint density at radius 1 is 1.19 bits per heavy atom. The van der Waals surface area contributed by atoms with Crippen LogP contribution in [0.3, 0.4) is 0 Å². The Morgan fingerprint density at radius 3 is 2.78 bits per heavy atom. The first-order valence-electron chi connectivity index (χ1n) is 9.87. The number of fused-ring (bicyclic) bond motifs is 1. The number of hydrogen-bond acceptors (Lipinski definition) is 6. The molecule has 0 saturated carbocycles. The molecule has 0 amide bonds. The van der Waals surface area contributed by atoms with Crippen molar-refractivity contribution in [1.29, 1.82) is 0 Å². The number of nitrogens with zero attached hydrogens (tertiary/aromatic N) is 4. The number of nitrogens with one attached hydrogen (secondary N) is 1. The Labute approximate surface area is 181 Å². The number of rotatable bonds is 5. The van der Waals surface area contributed by atoms with Gasteiger partial charge in [0, 0.05) is 17.2 Å². The second kappa shape index (κ2) is 7.84. The third-order valence-corrected chi connectivity index (χ3v) is 5.18. The Hall–Kier alpha value is -4.14. The number of aromatic nitrogens is 3. The minimum Gasteiger partial charge on any atom is -0.359 e. The predicted molar refractivity (Wildman–Crippen MR) is 113 cm³/mol. The van der Waals surface area contributed by atoms with Gasteiger partial charge in [-0.3, -0.25) is 9.80 Å². The van der Waals surface area contributed by atoms with Gasteiger partial charge in [0.1, 0.15) is 11.5 Å². The minimum atomic E-state index is -0.946. The Balaban J connectivity index is 1.30. The standard InChI is InChI=1S/C23H17F2N5O2/c1-13(31)14-5-7-15(8-6-14)19-9-16(32-29-19)11-30-12-21-20(10-26-30)27-23(28-21)17-3-2-4-18(24)22(17)25/h2-10H,11-12H2,1H3,(H,27,28). The number of Topliss-reactive ketones (excluding diaryl/α,β-unsaturated/α-hetero) is 1. The average molecular weight is 433 g/mol. The fourth-order valence-electron chi connectivity index (χ4n) is 3.49. The van der Waals surface area contributed by atoms with E-state index in [4.69, 9.17) is 4.52 Å². The van der Waals surface area contributed by atoms with Crippen LogP contribution in [0, 0.1) is 11.6 Å². The summed E-state index contributed by atoms with van der Waals surface area (Å²) >= 11 is 0. The van der Waals surface area contributed by atoms with E-state index in [1.807, 2.05) is 18.2 Å². The highest BCUT2D eigenvalue weighted by Crippen LogP contribution is 2.26. The molecule has 32 heavy (non-hydrogen) atoms. The van der Waals surface area contributed by atoms with Crippen LogP contribution < -0.4 is 0 Å². The summed E-state index contributed by atoms with van der Waals surface area (Å²) in [5, 5.41) is 10.2. The van der Waals surface area contributed by atoms with Crippen molar-refractivity contribution in [2.45, 2.75) is 20.0 Å². The topological polar surface area (TPSA) is 87.4 Å². The summed E-state index contributed by atoms with van der Waals surface area (Å²) < 4.78 is 33.1. The van der Waals surface area contributed by atoms with Crippen LogP contribution in [0.25, 0.3) is 22.6 Å². The number of hydrazone groups is 1. The Bertz CT molecular complexity index is 1340. The third-order valence-electron chi connectivity index (χ3n) is 5.18. The fraction of sp³-hybridized carbons (Fsp3) is 0.130. The number of ketones is 1. The molecule has 5 rings (SSSR count). The van der Waals surface area contributed by atoms with Crippen LogP contribution in [-0.2, 0) is 13.1 Å². The molecule has 3 heterocycles. The highest BCUT2D eigenvalue weighted by molar-refractivity contribution is 5.94. The van der Waals surface area contributed by atoms with E-state index in [2.05, 4.69) is 20.2 Å². The lowest BCUT2D eigenvalue weighted by Crippen LogP contribution is -2.21. The quantitative estimate of drug-likeness (QED) is 0.466. The zero-order chi connectivity index (χ0) is 22.2. The normalized spacial score (nSPS) is 12.8. The second-order valence-electron chi connectivity index (χ2n) is 7.43. The van der Waals surface area contributed by atoms with Gasteiger partial charge < -0.3 is 9.51 Å². The van der Waals surface area contributed by atoms with Crippen LogP contribution >= 0.6 is 0 Å². The number of aromatic amines is 1. The van der Waals surface area contributed by atoms with Crippen molar-refractivity contribution in [2.75, 3.05) is 0 Å². The van der Waals surface area contributed by atoms with Crippen molar-refractivity contribution in [2.24, 2.45) is 5.10 Å². The van der Waals surface area contributed by atoms with Crippen LogP contribution in [-0.4, -0.2) is 32.1 Å². The smallest absolute Gasteiger partial charge is 0.169 e. The van der Waals surface area contributed by atoms with Crippen molar-refractivity contribution in [1.82, 2.24) is 20.1 Å². The molecule has 160 valence electrons. The summed E-state index contributed by atoms with van der Waals surface area (Å²) in [6, 6.07) is 12.9. The molecule has 2 aromatic heterocycles. The molecule has 9 heteroatoms. The summed E-state index contributed by atoms with van der Waals surface area (Å²) in [7, 11) is 0. The lowest BCUT2D eigenvalue weighted by atomic mass is 10.1. The molecule has 7 nitrogen and oxygen atoms in total. The van der Waals surface area contributed by atoms with E-state index in [-0.39, 0.29) is 17.2 Å². The molecule has 1 aliphatic heterocycles. The summed E-state index contributed by atoms with van der Waals surface area (Å²) in [5.41, 5.74) is 3.49. The molecule has 0 unspecified atom stereocenters. The van der Waals surface area contributed by atoms with Gasteiger partial charge in [0.25, 0.3) is 0 Å². The number of halogens is 2. The second-order valence-corrected chi connectivity index (χ2v) is 7.43. The molecule has 0 radical (unpaired) electrons. The van der Waals surface area contributed by atoms with Crippen molar-refractivity contribution < 1.29 is 18.1 Å². The van der Waals surface area contributed by atoms with E-state index in [0.29, 0.717) is 41.5 Å². The molecule has 0 spiro atoms. The molecule has 0 saturated heterocycles. The zero-order valence-corrected chi connectivity index (χ0v) is 17.0. The highest BCUT2D eigenvalue weighted by atomic mass is 19.2. The largest absolute Gasteiger partial charge is 0.359 e. The molecule has 0 atom stereocenters. The maximum atomic E-state index is 14.1. The minimum absolute atomic E-state index is 0.00128. The molecule has 0 fully saturated rings. The average Bonchev–Trinajstić information content (AvgIpc) is 3.42. The van der Waals surface area contributed by atoms with Crippen molar-refractivity contribution in [3.63, 3.8) is 0 Å². The van der Waals surface area contributed by atoms with E-state index in [0.717, 1.165) is 11.6 Å². The number of carbonyl (C=O) groups excluding carboxylic acids is 1. The number of imidazole rings is 1. The first kappa shape index (κ1) is 19.8. The summed E-state index contributed by atoms with van der Waals surface area (Å²) in [5.74, 6) is -1.03. The van der Waals surface area contributed by atoms with Crippen LogP contribution in [0.4, 0.5) is 8.78 Å². The molecule has 1 N–H and O–H groups in total. The van der Waals surface area contributed by atoms with Crippen LogP contribution in [0.1, 0.15) is 34.4 Å². The van der Waals surface area contributed by atoms with Crippen molar-refractivity contribution in [3.05, 3.63) is 82.9 Å². The van der Waals surface area contributed by atoms with Gasteiger partial charge in [-0.15, -0.1) is 0 Å². The van der Waals surface area contributed by atoms with Gasteiger partial charge in [-0.25, -0.2) is 13.8 Å². The molecule has 2 aromatic carbocycles. The summed E-state index contributed by atoms with van der Waals surface area (Å²) in [6.45, 7) is 2.23. The monoisotopic (exact) mass is 433 g/mol. The molecule has 0 aliphatic carbocycles. The van der Waals surface area contributed by atoms with Gasteiger partial charge in [-0.2, -0.15) is 5.10 Å². The number of hydrogen-bond donors (Lipinski definition) is 1. The van der Waals surface area contributed by atoms with E-state index < -0.39 is 11.6 Å². The zero-order valence-electron chi connectivity index (χ0n) is 17.0. The maximum absolute atomic E-state index is 14.1. The SMILES string of the molecule is CC(=O)c1ccc(-c2cc(CN3Cc4nc(-c5cccc(F)c5F)[nH]c4C=N3)on2)cc1. The fourth-order valence-corrected chi connectivity index (χ4v) is 3.49. The molecular weight excluding hydrogens is 416 g/mol. The highest BCUT2D eigenvalue weighted by Gasteiger charge is 2.21. The maximum Gasteiger partial charge on any atom is 0.169 e.